The van der Waals surface area contributed by atoms with Crippen LogP contribution in [0, 0.1) is 11.6 Å². The Kier molecular flexibility index (Phi) is 5.74. The van der Waals surface area contributed by atoms with E-state index in [1.54, 1.807) is 0 Å². The first-order valence-corrected chi connectivity index (χ1v) is 9.65. The molecule has 1 amide bonds. The minimum absolute atomic E-state index is 0.0125. The number of amides is 1. The van der Waals surface area contributed by atoms with Gasteiger partial charge in [-0.25, -0.2) is 17.2 Å². The van der Waals surface area contributed by atoms with Crippen molar-refractivity contribution in [3.8, 4) is 5.75 Å². The third kappa shape index (κ3) is 4.85. The third-order valence-corrected chi connectivity index (χ3v) is 5.20. The van der Waals surface area contributed by atoms with Gasteiger partial charge in [-0.15, -0.1) is 0 Å². The summed E-state index contributed by atoms with van der Waals surface area (Å²) in [6.45, 7) is 0. The summed E-state index contributed by atoms with van der Waals surface area (Å²) in [5.41, 5.74) is -0.211. The lowest BCUT2D eigenvalue weighted by Crippen LogP contribution is -2.16. The number of benzene rings is 2. The van der Waals surface area contributed by atoms with Crippen LogP contribution in [0.2, 0.25) is 0 Å². The van der Waals surface area contributed by atoms with Gasteiger partial charge >= 0.3 is 0 Å². The van der Waals surface area contributed by atoms with E-state index >= 15 is 0 Å². The van der Waals surface area contributed by atoms with Gasteiger partial charge in [0.2, 0.25) is 0 Å². The Morgan fingerprint density at radius 1 is 1.03 bits per heavy atom. The van der Waals surface area contributed by atoms with Crippen molar-refractivity contribution in [2.75, 3.05) is 17.1 Å². The number of nitrogens with one attached hydrogen (secondary N) is 2. The van der Waals surface area contributed by atoms with Crippen molar-refractivity contribution in [3.05, 3.63) is 78.1 Å². The van der Waals surface area contributed by atoms with Crippen LogP contribution in [0.4, 0.5) is 20.2 Å². The summed E-state index contributed by atoms with van der Waals surface area (Å²) in [4.78, 5) is 16.1. The molecule has 0 spiro atoms. The van der Waals surface area contributed by atoms with Gasteiger partial charge < -0.3 is 10.1 Å². The van der Waals surface area contributed by atoms with Gasteiger partial charge in [0.15, 0.2) is 0 Å². The summed E-state index contributed by atoms with van der Waals surface area (Å²) >= 11 is 0. The molecular weight excluding hydrogens is 404 g/mol. The van der Waals surface area contributed by atoms with Crippen LogP contribution in [0.15, 0.2) is 65.8 Å². The molecule has 7 nitrogen and oxygen atoms in total. The van der Waals surface area contributed by atoms with Crippen molar-refractivity contribution >= 4 is 27.3 Å². The van der Waals surface area contributed by atoms with Gasteiger partial charge in [-0.2, -0.15) is 0 Å². The van der Waals surface area contributed by atoms with Crippen molar-refractivity contribution in [1.29, 1.82) is 0 Å². The van der Waals surface area contributed by atoms with Crippen LogP contribution >= 0.6 is 0 Å². The van der Waals surface area contributed by atoms with E-state index in [0.29, 0.717) is 11.8 Å². The van der Waals surface area contributed by atoms with E-state index < -0.39 is 27.6 Å². The molecule has 0 unspecified atom stereocenters. The summed E-state index contributed by atoms with van der Waals surface area (Å²) in [6, 6.07) is 9.66. The topological polar surface area (TPSA) is 97.4 Å². The first-order chi connectivity index (χ1) is 13.8. The Labute approximate surface area is 165 Å². The molecule has 0 fully saturated rings. The smallest absolute Gasteiger partial charge is 0.261 e. The molecular formula is C19H15F2N3O4S. The zero-order valence-electron chi connectivity index (χ0n) is 15.0. The molecule has 1 aromatic heterocycles. The van der Waals surface area contributed by atoms with Gasteiger partial charge in [0.1, 0.15) is 17.4 Å². The van der Waals surface area contributed by atoms with Gasteiger partial charge in [0, 0.05) is 12.3 Å². The number of sulfonamides is 1. The van der Waals surface area contributed by atoms with Gasteiger partial charge in [-0.1, -0.05) is 0 Å². The molecule has 2 N–H and O–H groups in total. The quantitative estimate of drug-likeness (QED) is 0.638. The second-order valence-electron chi connectivity index (χ2n) is 5.82. The van der Waals surface area contributed by atoms with Crippen molar-refractivity contribution < 1.29 is 26.7 Å². The zero-order valence-corrected chi connectivity index (χ0v) is 15.8. The van der Waals surface area contributed by atoms with Crippen molar-refractivity contribution in [2.45, 2.75) is 4.90 Å². The minimum Gasteiger partial charge on any atom is -0.497 e. The molecule has 3 aromatic rings. The first-order valence-electron chi connectivity index (χ1n) is 8.17. The molecule has 0 saturated carbocycles. The second kappa shape index (κ2) is 8.23. The summed E-state index contributed by atoms with van der Waals surface area (Å²) in [5, 5.41) is 2.28. The van der Waals surface area contributed by atoms with E-state index in [9.17, 15) is 22.0 Å². The van der Waals surface area contributed by atoms with E-state index in [1.165, 1.54) is 49.8 Å². The lowest BCUT2D eigenvalue weighted by molar-refractivity contribution is 0.102. The average molecular weight is 419 g/mol. The highest BCUT2D eigenvalue weighted by Crippen LogP contribution is 2.20. The average Bonchev–Trinajstić information content (AvgIpc) is 2.70. The fourth-order valence-corrected chi connectivity index (χ4v) is 3.41. The first kappa shape index (κ1) is 20.2. The van der Waals surface area contributed by atoms with Crippen molar-refractivity contribution in [3.63, 3.8) is 0 Å². The Bertz CT molecular complexity index is 1150. The van der Waals surface area contributed by atoms with Gasteiger partial charge in [0.05, 0.1) is 35.1 Å². The van der Waals surface area contributed by atoms with Crippen LogP contribution in [0.1, 0.15) is 10.4 Å². The predicted octanol–water partition coefficient (Wildman–Crippen LogP) is 3.42. The molecule has 0 radical (unpaired) electrons. The molecule has 150 valence electrons. The fourth-order valence-electron chi connectivity index (χ4n) is 2.37. The Balaban J connectivity index is 1.78. The zero-order chi connectivity index (χ0) is 21.0. The van der Waals surface area contributed by atoms with Crippen molar-refractivity contribution in [1.82, 2.24) is 4.98 Å². The van der Waals surface area contributed by atoms with E-state index in [0.717, 1.165) is 12.1 Å². The molecule has 0 bridgehead atoms. The Morgan fingerprint density at radius 2 is 1.76 bits per heavy atom. The van der Waals surface area contributed by atoms with E-state index in [1.807, 2.05) is 0 Å². The molecule has 3 rings (SSSR count). The number of ether oxygens (including phenoxy) is 1. The van der Waals surface area contributed by atoms with Gasteiger partial charge in [-0.3, -0.25) is 14.5 Å². The number of rotatable bonds is 6. The molecule has 10 heteroatoms. The predicted molar refractivity (Wildman–Crippen MR) is 102 cm³/mol. The Morgan fingerprint density at radius 3 is 2.41 bits per heavy atom. The van der Waals surface area contributed by atoms with Crippen LogP contribution in [-0.2, 0) is 10.0 Å². The molecule has 1 heterocycles. The summed E-state index contributed by atoms with van der Waals surface area (Å²) in [5.74, 6) is -1.97. The van der Waals surface area contributed by atoms with E-state index in [4.69, 9.17) is 4.74 Å². The summed E-state index contributed by atoms with van der Waals surface area (Å²) in [6.07, 6.45) is 2.40. The number of hydrogen-bond acceptors (Lipinski definition) is 5. The largest absolute Gasteiger partial charge is 0.497 e. The maximum Gasteiger partial charge on any atom is 0.261 e. The van der Waals surface area contributed by atoms with Gasteiger partial charge in [-0.05, 0) is 42.5 Å². The molecule has 29 heavy (non-hydrogen) atoms. The molecule has 0 atom stereocenters. The highest BCUT2D eigenvalue weighted by Gasteiger charge is 2.16. The van der Waals surface area contributed by atoms with E-state index in [2.05, 4.69) is 15.0 Å². The number of anilines is 2. The minimum atomic E-state index is -3.93. The third-order valence-electron chi connectivity index (χ3n) is 3.80. The highest BCUT2D eigenvalue weighted by molar-refractivity contribution is 7.92. The molecule has 0 aliphatic carbocycles. The van der Waals surface area contributed by atoms with Crippen LogP contribution in [0.3, 0.4) is 0 Å². The molecule has 0 saturated heterocycles. The maximum atomic E-state index is 13.7. The lowest BCUT2D eigenvalue weighted by Gasteiger charge is -2.10. The number of carbonyl (C=O) groups excluding carboxylic acids is 1. The number of pyridine rings is 1. The SMILES string of the molecule is COc1ccc(S(=O)(=O)Nc2cncc(C(=O)Nc3ccc(F)cc3F)c2)cc1. The number of hydrogen-bond donors (Lipinski definition) is 2. The van der Waals surface area contributed by atoms with Gasteiger partial charge in [0.25, 0.3) is 15.9 Å². The van der Waals surface area contributed by atoms with Crippen LogP contribution in [0.25, 0.3) is 0 Å². The monoisotopic (exact) mass is 419 g/mol. The van der Waals surface area contributed by atoms with Crippen LogP contribution in [-0.4, -0.2) is 26.4 Å². The maximum absolute atomic E-state index is 13.7. The number of halogens is 2. The normalized spacial score (nSPS) is 11.0. The van der Waals surface area contributed by atoms with Crippen LogP contribution < -0.4 is 14.8 Å². The number of methoxy groups -OCH3 is 1. The fraction of sp³-hybridized carbons (Fsp3) is 0.0526. The van der Waals surface area contributed by atoms with Crippen LogP contribution in [0.5, 0.6) is 5.75 Å². The number of aromatic nitrogens is 1. The second-order valence-corrected chi connectivity index (χ2v) is 7.50. The standard InChI is InChI=1S/C19H15F2N3O4S/c1-28-15-3-5-16(6-4-15)29(26,27)24-14-8-12(10-22-11-14)19(25)23-18-7-2-13(20)9-17(18)21/h2-11,24H,1H3,(H,23,25). The summed E-state index contributed by atoms with van der Waals surface area (Å²) in [7, 11) is -2.47. The highest BCUT2D eigenvalue weighted by atomic mass is 32.2. The van der Waals surface area contributed by atoms with E-state index in [-0.39, 0.29) is 21.8 Å². The van der Waals surface area contributed by atoms with Crippen molar-refractivity contribution in [2.24, 2.45) is 0 Å². The number of nitrogens with zero attached hydrogens (tertiary/aromatic N) is 1. The number of carbonyl (C=O) groups is 1. The molecule has 0 aliphatic heterocycles. The lowest BCUT2D eigenvalue weighted by atomic mass is 10.2. The summed E-state index contributed by atoms with van der Waals surface area (Å²) < 4.78 is 58.9. The Hall–Kier alpha value is -3.53. The molecule has 0 aliphatic rings. The molecule has 2 aromatic carbocycles.